The smallest absolute Gasteiger partial charge is 0.287 e. The molecule has 1 aromatic heterocycles. The van der Waals surface area contributed by atoms with Crippen molar-refractivity contribution in [3.05, 3.63) is 28.1 Å². The van der Waals surface area contributed by atoms with Crippen LogP contribution in [0, 0.1) is 10.1 Å². The number of likely N-dealkylation sites (N-methyl/N-ethyl adjacent to an activating group) is 1. The van der Waals surface area contributed by atoms with E-state index in [1.54, 1.807) is 16.5 Å². The predicted molar refractivity (Wildman–Crippen MR) is 65.5 cm³/mol. The Morgan fingerprint density at radius 2 is 2.33 bits per heavy atom. The molecule has 98 valence electrons. The molecule has 7 heteroatoms. The van der Waals surface area contributed by atoms with Gasteiger partial charge < -0.3 is 14.8 Å². The first kappa shape index (κ1) is 12.6. The summed E-state index contributed by atoms with van der Waals surface area (Å²) in [5.41, 5.74) is 0.332. The van der Waals surface area contributed by atoms with Crippen LogP contribution >= 0.6 is 0 Å². The van der Waals surface area contributed by atoms with Gasteiger partial charge in [0.15, 0.2) is 0 Å². The molecule has 1 aliphatic rings. The van der Waals surface area contributed by atoms with Crippen molar-refractivity contribution in [1.29, 1.82) is 0 Å². The van der Waals surface area contributed by atoms with Gasteiger partial charge in [-0.2, -0.15) is 0 Å². The van der Waals surface area contributed by atoms with Gasteiger partial charge >= 0.3 is 0 Å². The number of aryl methyl sites for hydroxylation is 1. The Bertz CT molecular complexity index is 479. The highest BCUT2D eigenvalue weighted by molar-refractivity contribution is 5.93. The van der Waals surface area contributed by atoms with Crippen molar-refractivity contribution in [2.45, 2.75) is 19.5 Å². The normalized spacial score (nSPS) is 15.2. The number of carbonyl (C=O) groups excluding carboxylic acids is 1. The molecule has 0 saturated carbocycles. The Kier molecular flexibility index (Phi) is 3.33. The average Bonchev–Trinajstić information content (AvgIpc) is 2.69. The molecular formula is C11H16N4O3. The molecule has 0 aromatic carbocycles. The van der Waals surface area contributed by atoms with Crippen LogP contribution in [0.1, 0.15) is 17.4 Å². The second kappa shape index (κ2) is 4.77. The molecule has 1 aromatic rings. The third-order valence-electron chi connectivity index (χ3n) is 3.28. The first-order valence-electron chi connectivity index (χ1n) is 5.87. The van der Waals surface area contributed by atoms with E-state index in [0.29, 0.717) is 12.2 Å². The summed E-state index contributed by atoms with van der Waals surface area (Å²) in [6, 6.07) is 1.52. The van der Waals surface area contributed by atoms with Gasteiger partial charge in [0.05, 0.1) is 17.2 Å². The molecule has 0 aliphatic carbocycles. The topological polar surface area (TPSA) is 80.4 Å². The summed E-state index contributed by atoms with van der Waals surface area (Å²) in [5.74, 6) is -0.170. The van der Waals surface area contributed by atoms with Crippen LogP contribution in [0.2, 0.25) is 0 Å². The lowest BCUT2D eigenvalue weighted by Crippen LogP contribution is -2.57. The van der Waals surface area contributed by atoms with E-state index in [9.17, 15) is 14.9 Å². The standard InChI is InChI=1S/C11H16N4O3/c1-3-14-7-8(15(17)18)4-10(14)11(16)13(2)9-5-12-6-9/h4,7,9,12H,3,5-6H2,1-2H3. The molecule has 0 unspecified atom stereocenters. The zero-order valence-corrected chi connectivity index (χ0v) is 10.4. The van der Waals surface area contributed by atoms with Gasteiger partial charge in [0.1, 0.15) is 5.69 Å². The maximum absolute atomic E-state index is 12.2. The van der Waals surface area contributed by atoms with Gasteiger partial charge in [-0.25, -0.2) is 0 Å². The van der Waals surface area contributed by atoms with Crippen molar-refractivity contribution in [1.82, 2.24) is 14.8 Å². The summed E-state index contributed by atoms with van der Waals surface area (Å²) in [7, 11) is 1.73. The fraction of sp³-hybridized carbons (Fsp3) is 0.545. The summed E-state index contributed by atoms with van der Waals surface area (Å²) >= 11 is 0. The van der Waals surface area contributed by atoms with Gasteiger partial charge in [-0.15, -0.1) is 0 Å². The van der Waals surface area contributed by atoms with Crippen molar-refractivity contribution < 1.29 is 9.72 Å². The molecule has 1 fully saturated rings. The molecule has 7 nitrogen and oxygen atoms in total. The Balaban J connectivity index is 2.25. The molecule has 2 heterocycles. The summed E-state index contributed by atoms with van der Waals surface area (Å²) in [5, 5.41) is 13.8. The third-order valence-corrected chi connectivity index (χ3v) is 3.28. The van der Waals surface area contributed by atoms with Crippen molar-refractivity contribution in [2.24, 2.45) is 0 Å². The first-order chi connectivity index (χ1) is 8.54. The average molecular weight is 252 g/mol. The van der Waals surface area contributed by atoms with Crippen LogP contribution in [-0.2, 0) is 6.54 Å². The number of hydrogen-bond donors (Lipinski definition) is 1. The SMILES string of the molecule is CCn1cc([N+](=O)[O-])cc1C(=O)N(C)C1CNC1. The molecule has 1 N–H and O–H groups in total. The van der Waals surface area contributed by atoms with E-state index in [4.69, 9.17) is 0 Å². The van der Waals surface area contributed by atoms with Gasteiger partial charge in [-0.1, -0.05) is 0 Å². The highest BCUT2D eigenvalue weighted by Gasteiger charge is 2.28. The Morgan fingerprint density at radius 1 is 1.67 bits per heavy atom. The number of carbonyl (C=O) groups is 1. The van der Waals surface area contributed by atoms with Gasteiger partial charge in [0.25, 0.3) is 11.6 Å². The van der Waals surface area contributed by atoms with E-state index < -0.39 is 4.92 Å². The number of nitrogens with one attached hydrogen (secondary N) is 1. The Labute approximate surface area is 105 Å². The maximum atomic E-state index is 12.2. The number of hydrogen-bond acceptors (Lipinski definition) is 4. The molecule has 1 saturated heterocycles. The molecule has 18 heavy (non-hydrogen) atoms. The highest BCUT2D eigenvalue weighted by Crippen LogP contribution is 2.19. The Hall–Kier alpha value is -1.89. The number of amides is 1. The van der Waals surface area contributed by atoms with Crippen molar-refractivity contribution in [3.63, 3.8) is 0 Å². The molecule has 0 spiro atoms. The predicted octanol–water partition coefficient (Wildman–Crippen LogP) is 0.460. The van der Waals surface area contributed by atoms with Crippen LogP contribution in [-0.4, -0.2) is 46.5 Å². The van der Waals surface area contributed by atoms with Crippen LogP contribution < -0.4 is 5.32 Å². The van der Waals surface area contributed by atoms with E-state index in [0.717, 1.165) is 13.1 Å². The van der Waals surface area contributed by atoms with Crippen LogP contribution in [0.3, 0.4) is 0 Å². The third kappa shape index (κ3) is 2.08. The van der Waals surface area contributed by atoms with E-state index in [1.807, 2.05) is 6.92 Å². The van der Waals surface area contributed by atoms with Gasteiger partial charge in [0, 0.05) is 32.7 Å². The van der Waals surface area contributed by atoms with Gasteiger partial charge in [0.2, 0.25) is 0 Å². The monoisotopic (exact) mass is 252 g/mol. The lowest BCUT2D eigenvalue weighted by molar-refractivity contribution is -0.384. The second-order valence-electron chi connectivity index (χ2n) is 4.35. The molecule has 1 aliphatic heterocycles. The van der Waals surface area contributed by atoms with Crippen LogP contribution in [0.15, 0.2) is 12.3 Å². The van der Waals surface area contributed by atoms with Gasteiger partial charge in [-0.05, 0) is 6.92 Å². The lowest BCUT2D eigenvalue weighted by atomic mass is 10.1. The van der Waals surface area contributed by atoms with E-state index >= 15 is 0 Å². The largest absolute Gasteiger partial charge is 0.337 e. The van der Waals surface area contributed by atoms with Crippen LogP contribution in [0.5, 0.6) is 0 Å². The Morgan fingerprint density at radius 3 is 2.78 bits per heavy atom. The van der Waals surface area contributed by atoms with Crippen molar-refractivity contribution in [3.8, 4) is 0 Å². The minimum Gasteiger partial charge on any atom is -0.337 e. The fourth-order valence-electron chi connectivity index (χ4n) is 1.93. The summed E-state index contributed by atoms with van der Waals surface area (Å²) < 4.78 is 1.61. The van der Waals surface area contributed by atoms with Crippen LogP contribution in [0.25, 0.3) is 0 Å². The van der Waals surface area contributed by atoms with E-state index in [-0.39, 0.29) is 17.6 Å². The molecule has 0 radical (unpaired) electrons. The van der Waals surface area contributed by atoms with E-state index in [1.165, 1.54) is 12.3 Å². The maximum Gasteiger partial charge on any atom is 0.287 e. The molecule has 2 rings (SSSR count). The lowest BCUT2D eigenvalue weighted by Gasteiger charge is -2.35. The summed E-state index contributed by atoms with van der Waals surface area (Å²) in [6.45, 7) is 3.94. The number of rotatable bonds is 4. The number of nitrogens with zero attached hydrogens (tertiary/aromatic N) is 3. The zero-order chi connectivity index (χ0) is 13.3. The van der Waals surface area contributed by atoms with Crippen molar-refractivity contribution >= 4 is 11.6 Å². The molecule has 0 bridgehead atoms. The quantitative estimate of drug-likeness (QED) is 0.623. The van der Waals surface area contributed by atoms with Crippen molar-refractivity contribution in [2.75, 3.05) is 20.1 Å². The molecule has 0 atom stereocenters. The minimum atomic E-state index is -0.478. The fourth-order valence-corrected chi connectivity index (χ4v) is 1.93. The summed E-state index contributed by atoms with van der Waals surface area (Å²) in [4.78, 5) is 24.1. The highest BCUT2D eigenvalue weighted by atomic mass is 16.6. The molecule has 1 amide bonds. The van der Waals surface area contributed by atoms with Crippen LogP contribution in [0.4, 0.5) is 5.69 Å². The molecular weight excluding hydrogens is 236 g/mol. The second-order valence-corrected chi connectivity index (χ2v) is 4.35. The first-order valence-corrected chi connectivity index (χ1v) is 5.87. The number of nitro groups is 1. The minimum absolute atomic E-state index is 0.0414. The zero-order valence-electron chi connectivity index (χ0n) is 10.4. The van der Waals surface area contributed by atoms with Gasteiger partial charge in [-0.3, -0.25) is 14.9 Å². The number of aromatic nitrogens is 1. The van der Waals surface area contributed by atoms with E-state index in [2.05, 4.69) is 5.32 Å². The summed E-state index contributed by atoms with van der Waals surface area (Å²) in [6.07, 6.45) is 1.40.